The molecule has 3 rings (SSSR count). The zero-order valence-electron chi connectivity index (χ0n) is 13.6. The number of benzene rings is 1. The van der Waals surface area contributed by atoms with Gasteiger partial charge in [-0.2, -0.15) is 0 Å². The van der Waals surface area contributed by atoms with Crippen LogP contribution < -0.4 is 10.6 Å². The van der Waals surface area contributed by atoms with Crippen LogP contribution in [-0.2, 0) is 9.59 Å². The first-order valence-corrected chi connectivity index (χ1v) is 9.49. The molecule has 132 valence electrons. The van der Waals surface area contributed by atoms with Crippen molar-refractivity contribution >= 4 is 35.2 Å². The van der Waals surface area contributed by atoms with E-state index in [1.165, 1.54) is 11.8 Å². The number of aromatic nitrogens is 2. The van der Waals surface area contributed by atoms with E-state index in [0.29, 0.717) is 23.1 Å². The Morgan fingerprint density at radius 2 is 2.32 bits per heavy atom. The van der Waals surface area contributed by atoms with Crippen molar-refractivity contribution in [3.8, 4) is 5.69 Å². The van der Waals surface area contributed by atoms with Gasteiger partial charge in [-0.15, -0.1) is 0 Å². The molecule has 0 bridgehead atoms. The lowest BCUT2D eigenvalue weighted by atomic mass is 10.1. The van der Waals surface area contributed by atoms with E-state index in [-0.39, 0.29) is 17.6 Å². The molecule has 2 amide bonds. The first kappa shape index (κ1) is 17.8. The monoisotopic (exact) mass is 378 g/mol. The van der Waals surface area contributed by atoms with Crippen LogP contribution in [0.15, 0.2) is 41.8 Å². The van der Waals surface area contributed by atoms with Crippen LogP contribution in [-0.4, -0.2) is 39.7 Å². The molecular weight excluding hydrogens is 360 g/mol. The summed E-state index contributed by atoms with van der Waals surface area (Å²) in [5.41, 5.74) is 0.885. The predicted molar refractivity (Wildman–Crippen MR) is 98.1 cm³/mol. The second-order valence-corrected chi connectivity index (χ2v) is 7.13. The fourth-order valence-electron chi connectivity index (χ4n) is 2.66. The van der Waals surface area contributed by atoms with Crippen LogP contribution in [0, 0.1) is 0 Å². The molecule has 0 aliphatic carbocycles. The Morgan fingerprint density at radius 3 is 3.16 bits per heavy atom. The molecule has 6 nitrogen and oxygen atoms in total. The Hall–Kier alpha value is -1.99. The van der Waals surface area contributed by atoms with E-state index in [1.807, 2.05) is 29.0 Å². The van der Waals surface area contributed by atoms with Gasteiger partial charge in [-0.25, -0.2) is 4.98 Å². The highest BCUT2D eigenvalue weighted by Crippen LogP contribution is 2.22. The summed E-state index contributed by atoms with van der Waals surface area (Å²) in [5.74, 6) is -0.0783. The number of carbonyl (C=O) groups excluding carboxylic acids is 2. The van der Waals surface area contributed by atoms with E-state index in [2.05, 4.69) is 15.6 Å². The fourth-order valence-corrected chi connectivity index (χ4v) is 3.63. The average Bonchev–Trinajstić information content (AvgIpc) is 2.98. The normalized spacial score (nSPS) is 17.6. The highest BCUT2D eigenvalue weighted by Gasteiger charge is 2.22. The maximum Gasteiger partial charge on any atom is 0.242 e. The molecule has 1 fully saturated rings. The largest absolute Gasteiger partial charge is 0.354 e. The molecule has 2 heterocycles. The van der Waals surface area contributed by atoms with Crippen molar-refractivity contribution in [1.82, 2.24) is 20.2 Å². The summed E-state index contributed by atoms with van der Waals surface area (Å²) in [6, 6.07) is 6.99. The van der Waals surface area contributed by atoms with Crippen molar-refractivity contribution in [3.05, 3.63) is 41.7 Å². The van der Waals surface area contributed by atoms with Crippen LogP contribution in [0.3, 0.4) is 0 Å². The number of carbonyl (C=O) groups is 2. The number of thioether (sulfide) groups is 1. The van der Waals surface area contributed by atoms with Crippen molar-refractivity contribution in [2.75, 3.05) is 12.3 Å². The Labute approximate surface area is 155 Å². The van der Waals surface area contributed by atoms with Crippen molar-refractivity contribution in [1.29, 1.82) is 0 Å². The standard InChI is InChI=1S/C17H19ClN4O2S/c18-12-4-3-5-13(10-12)22-9-8-20-17(22)25-11-15(23)21-14-6-1-2-7-19-16(14)24/h3-5,8-10,14H,1-2,6-7,11H2,(H,19,24)(H,21,23). The van der Waals surface area contributed by atoms with Crippen molar-refractivity contribution < 1.29 is 9.59 Å². The van der Waals surface area contributed by atoms with Crippen molar-refractivity contribution in [3.63, 3.8) is 0 Å². The second kappa shape index (κ2) is 8.40. The van der Waals surface area contributed by atoms with Crippen LogP contribution in [0.25, 0.3) is 5.69 Å². The molecule has 1 aromatic heterocycles. The lowest BCUT2D eigenvalue weighted by Crippen LogP contribution is -2.46. The van der Waals surface area contributed by atoms with E-state index in [4.69, 9.17) is 11.6 Å². The summed E-state index contributed by atoms with van der Waals surface area (Å²) in [7, 11) is 0. The maximum atomic E-state index is 12.2. The van der Waals surface area contributed by atoms with Gasteiger partial charge in [0.2, 0.25) is 11.8 Å². The predicted octanol–water partition coefficient (Wildman–Crippen LogP) is 2.40. The Balaban J connectivity index is 1.59. The molecule has 2 aromatic rings. The molecule has 8 heteroatoms. The second-order valence-electron chi connectivity index (χ2n) is 5.76. The van der Waals surface area contributed by atoms with E-state index in [9.17, 15) is 9.59 Å². The van der Waals surface area contributed by atoms with Crippen LogP contribution in [0.5, 0.6) is 0 Å². The van der Waals surface area contributed by atoms with Crippen LogP contribution in [0.1, 0.15) is 19.3 Å². The highest BCUT2D eigenvalue weighted by molar-refractivity contribution is 7.99. The van der Waals surface area contributed by atoms with Gasteiger partial charge in [0.15, 0.2) is 5.16 Å². The molecule has 0 spiro atoms. The Kier molecular flexibility index (Phi) is 5.99. The van der Waals surface area contributed by atoms with Crippen molar-refractivity contribution in [2.45, 2.75) is 30.5 Å². The van der Waals surface area contributed by atoms with Crippen LogP contribution >= 0.6 is 23.4 Å². The molecule has 1 saturated heterocycles. The van der Waals surface area contributed by atoms with E-state index >= 15 is 0 Å². The van der Waals surface area contributed by atoms with Gasteiger partial charge in [-0.05, 0) is 37.5 Å². The minimum Gasteiger partial charge on any atom is -0.354 e. The lowest BCUT2D eigenvalue weighted by Gasteiger charge is -2.15. The molecule has 0 saturated carbocycles. The summed E-state index contributed by atoms with van der Waals surface area (Å²) in [4.78, 5) is 28.4. The Bertz CT molecular complexity index is 765. The quantitative estimate of drug-likeness (QED) is 0.783. The van der Waals surface area contributed by atoms with Gasteiger partial charge in [0, 0.05) is 29.6 Å². The minimum atomic E-state index is -0.441. The maximum absolute atomic E-state index is 12.2. The molecule has 1 aliphatic rings. The molecular formula is C17H19ClN4O2S. The van der Waals surface area contributed by atoms with Crippen LogP contribution in [0.2, 0.25) is 5.02 Å². The van der Waals surface area contributed by atoms with Crippen LogP contribution in [0.4, 0.5) is 0 Å². The summed E-state index contributed by atoms with van der Waals surface area (Å²) in [5, 5.41) is 6.96. The molecule has 0 radical (unpaired) electrons. The lowest BCUT2D eigenvalue weighted by molar-refractivity contribution is -0.127. The smallest absolute Gasteiger partial charge is 0.242 e. The number of halogens is 1. The summed E-state index contributed by atoms with van der Waals surface area (Å²) in [6.45, 7) is 0.678. The third kappa shape index (κ3) is 4.76. The average molecular weight is 379 g/mol. The van der Waals surface area contributed by atoms with Gasteiger partial charge >= 0.3 is 0 Å². The van der Waals surface area contributed by atoms with Crippen molar-refractivity contribution in [2.24, 2.45) is 0 Å². The molecule has 25 heavy (non-hydrogen) atoms. The van der Waals surface area contributed by atoms with E-state index in [1.54, 1.807) is 12.3 Å². The number of hydrogen-bond acceptors (Lipinski definition) is 4. The van der Waals surface area contributed by atoms with Gasteiger partial charge in [0.05, 0.1) is 5.75 Å². The molecule has 1 aliphatic heterocycles. The SMILES string of the molecule is O=C(CSc1nccn1-c1cccc(Cl)c1)NC1CCCCNC1=O. The van der Waals surface area contributed by atoms with Gasteiger partial charge in [0.25, 0.3) is 0 Å². The molecule has 1 unspecified atom stereocenters. The molecule has 2 N–H and O–H groups in total. The Morgan fingerprint density at radius 1 is 1.44 bits per heavy atom. The third-order valence-electron chi connectivity index (χ3n) is 3.90. The number of nitrogens with zero attached hydrogens (tertiary/aromatic N) is 2. The summed E-state index contributed by atoms with van der Waals surface area (Å²) < 4.78 is 1.88. The zero-order valence-corrected chi connectivity index (χ0v) is 15.1. The van der Waals surface area contributed by atoms with Gasteiger partial charge in [-0.3, -0.25) is 14.2 Å². The number of amides is 2. The van der Waals surface area contributed by atoms with E-state index < -0.39 is 6.04 Å². The number of nitrogens with one attached hydrogen (secondary N) is 2. The first-order chi connectivity index (χ1) is 12.1. The third-order valence-corrected chi connectivity index (χ3v) is 5.10. The number of hydrogen-bond donors (Lipinski definition) is 2. The molecule has 1 atom stereocenters. The minimum absolute atomic E-state index is 0.101. The van der Waals surface area contributed by atoms with Gasteiger partial charge in [-0.1, -0.05) is 29.4 Å². The zero-order chi connectivity index (χ0) is 17.6. The summed E-state index contributed by atoms with van der Waals surface area (Å²) >= 11 is 7.36. The topological polar surface area (TPSA) is 76.0 Å². The highest BCUT2D eigenvalue weighted by atomic mass is 35.5. The number of rotatable bonds is 5. The fraction of sp³-hybridized carbons (Fsp3) is 0.353. The van der Waals surface area contributed by atoms with Gasteiger partial charge in [0.1, 0.15) is 6.04 Å². The van der Waals surface area contributed by atoms with Gasteiger partial charge < -0.3 is 10.6 Å². The van der Waals surface area contributed by atoms with E-state index in [0.717, 1.165) is 18.5 Å². The summed E-state index contributed by atoms with van der Waals surface area (Å²) in [6.07, 6.45) is 6.06. The number of imidazole rings is 1. The first-order valence-electron chi connectivity index (χ1n) is 8.12. The molecule has 1 aromatic carbocycles.